The van der Waals surface area contributed by atoms with Gasteiger partial charge >= 0.3 is 6.03 Å². The first-order valence-electron chi connectivity index (χ1n) is 7.59. The number of aryl methyl sites for hydroxylation is 1. The van der Waals surface area contributed by atoms with E-state index in [9.17, 15) is 4.79 Å². The Hall–Kier alpha value is -2.31. The van der Waals surface area contributed by atoms with Crippen LogP contribution in [0.15, 0.2) is 29.3 Å². The fourth-order valence-electron chi connectivity index (χ4n) is 2.90. The average molecular weight is 303 g/mol. The molecule has 0 aromatic carbocycles. The van der Waals surface area contributed by atoms with Crippen molar-refractivity contribution in [2.75, 3.05) is 6.54 Å². The topological polar surface area (TPSA) is 76.2 Å². The van der Waals surface area contributed by atoms with E-state index in [0.717, 1.165) is 30.8 Å². The number of amides is 2. The average Bonchev–Trinajstić information content (AvgIpc) is 3.17. The van der Waals surface area contributed by atoms with E-state index in [-0.39, 0.29) is 18.1 Å². The zero-order valence-corrected chi connectivity index (χ0v) is 12.9. The molecular formula is C15H21N5O2. The molecule has 2 unspecified atom stereocenters. The lowest BCUT2D eigenvalue weighted by atomic mass is 10.1. The van der Waals surface area contributed by atoms with Gasteiger partial charge in [-0.05, 0) is 26.7 Å². The van der Waals surface area contributed by atoms with Gasteiger partial charge in [0.15, 0.2) is 5.76 Å². The van der Waals surface area contributed by atoms with Crippen LogP contribution in [0.5, 0.6) is 0 Å². The molecule has 3 heterocycles. The molecule has 2 amide bonds. The zero-order valence-electron chi connectivity index (χ0n) is 12.9. The van der Waals surface area contributed by atoms with Gasteiger partial charge in [-0.15, -0.1) is 0 Å². The predicted octanol–water partition coefficient (Wildman–Crippen LogP) is 2.11. The van der Waals surface area contributed by atoms with Crippen LogP contribution >= 0.6 is 0 Å². The third-order valence-electron chi connectivity index (χ3n) is 3.90. The molecule has 7 nitrogen and oxygen atoms in total. The van der Waals surface area contributed by atoms with Crippen molar-refractivity contribution in [3.8, 4) is 0 Å². The number of carbonyl (C=O) groups is 1. The van der Waals surface area contributed by atoms with Crippen molar-refractivity contribution in [1.82, 2.24) is 24.9 Å². The summed E-state index contributed by atoms with van der Waals surface area (Å²) in [5.41, 5.74) is 0.843. The Balaban J connectivity index is 1.61. The Labute approximate surface area is 129 Å². The summed E-state index contributed by atoms with van der Waals surface area (Å²) in [7, 11) is 0. The molecule has 3 rings (SSSR count). The summed E-state index contributed by atoms with van der Waals surface area (Å²) in [6.07, 6.45) is 7.26. The van der Waals surface area contributed by atoms with E-state index < -0.39 is 0 Å². The Kier molecular flexibility index (Phi) is 4.13. The van der Waals surface area contributed by atoms with Gasteiger partial charge in [0.25, 0.3) is 0 Å². The first-order chi connectivity index (χ1) is 10.6. The third-order valence-corrected chi connectivity index (χ3v) is 3.90. The number of carbonyl (C=O) groups excluding carboxylic acids is 1. The van der Waals surface area contributed by atoms with Gasteiger partial charge in [0.05, 0.1) is 18.1 Å². The number of imidazole rings is 1. The molecule has 1 fully saturated rings. The Morgan fingerprint density at radius 1 is 1.59 bits per heavy atom. The van der Waals surface area contributed by atoms with E-state index >= 15 is 0 Å². The molecule has 0 saturated carbocycles. The van der Waals surface area contributed by atoms with Gasteiger partial charge in [0, 0.05) is 37.6 Å². The molecule has 118 valence electrons. The van der Waals surface area contributed by atoms with Gasteiger partial charge in [-0.1, -0.05) is 5.16 Å². The van der Waals surface area contributed by atoms with Crippen LogP contribution in [0.4, 0.5) is 4.79 Å². The van der Waals surface area contributed by atoms with Crippen LogP contribution in [0.25, 0.3) is 0 Å². The molecule has 0 bridgehead atoms. The molecule has 2 atom stereocenters. The molecule has 22 heavy (non-hydrogen) atoms. The molecule has 2 aromatic rings. The fourth-order valence-corrected chi connectivity index (χ4v) is 2.90. The highest BCUT2D eigenvalue weighted by molar-refractivity contribution is 5.75. The van der Waals surface area contributed by atoms with Crippen molar-refractivity contribution >= 4 is 6.03 Å². The number of aromatic nitrogens is 3. The maximum Gasteiger partial charge on any atom is 0.318 e. The highest BCUT2D eigenvalue weighted by atomic mass is 16.5. The first kappa shape index (κ1) is 14.6. The van der Waals surface area contributed by atoms with Gasteiger partial charge in [-0.25, -0.2) is 9.78 Å². The van der Waals surface area contributed by atoms with Crippen molar-refractivity contribution in [1.29, 1.82) is 0 Å². The second-order valence-electron chi connectivity index (χ2n) is 5.83. The number of urea groups is 1. The maximum absolute atomic E-state index is 12.5. The largest absolute Gasteiger partial charge is 0.359 e. The predicted molar refractivity (Wildman–Crippen MR) is 80.1 cm³/mol. The number of likely N-dealkylation sites (tertiary alicyclic amines) is 1. The summed E-state index contributed by atoms with van der Waals surface area (Å²) < 4.78 is 7.29. The molecule has 1 aliphatic rings. The maximum atomic E-state index is 12.5. The fraction of sp³-hybridized carbons (Fsp3) is 0.533. The van der Waals surface area contributed by atoms with Gasteiger partial charge in [-0.3, -0.25) is 0 Å². The van der Waals surface area contributed by atoms with Crippen molar-refractivity contribution in [3.05, 3.63) is 36.2 Å². The lowest BCUT2D eigenvalue weighted by Gasteiger charge is -2.25. The smallest absolute Gasteiger partial charge is 0.318 e. The molecule has 0 radical (unpaired) electrons. The zero-order chi connectivity index (χ0) is 15.5. The number of rotatable bonds is 4. The van der Waals surface area contributed by atoms with Crippen LogP contribution in [0.3, 0.4) is 0 Å². The van der Waals surface area contributed by atoms with Crippen LogP contribution in [0.1, 0.15) is 37.3 Å². The Morgan fingerprint density at radius 2 is 2.45 bits per heavy atom. The third kappa shape index (κ3) is 3.13. The molecule has 0 aliphatic carbocycles. The van der Waals surface area contributed by atoms with Crippen molar-refractivity contribution in [3.63, 3.8) is 0 Å². The van der Waals surface area contributed by atoms with E-state index in [2.05, 4.69) is 15.5 Å². The van der Waals surface area contributed by atoms with Gasteiger partial charge in [0.2, 0.25) is 0 Å². The van der Waals surface area contributed by atoms with Crippen molar-refractivity contribution in [2.45, 2.75) is 45.3 Å². The summed E-state index contributed by atoms with van der Waals surface area (Å²) >= 11 is 0. The molecule has 2 aromatic heterocycles. The first-order valence-corrected chi connectivity index (χ1v) is 7.59. The highest BCUT2D eigenvalue weighted by Crippen LogP contribution is 2.32. The van der Waals surface area contributed by atoms with E-state index in [0.29, 0.717) is 6.54 Å². The SMILES string of the molecule is Cc1cc(C2CCCN2C(=O)NC(C)Cn2ccnc2)on1. The molecule has 1 aliphatic heterocycles. The summed E-state index contributed by atoms with van der Waals surface area (Å²) in [6.45, 7) is 5.32. The molecule has 1 N–H and O–H groups in total. The van der Waals surface area contributed by atoms with E-state index in [1.807, 2.05) is 35.6 Å². The quantitative estimate of drug-likeness (QED) is 0.938. The van der Waals surface area contributed by atoms with Crippen LogP contribution in [-0.2, 0) is 6.54 Å². The highest BCUT2D eigenvalue weighted by Gasteiger charge is 2.33. The number of hydrogen-bond acceptors (Lipinski definition) is 4. The molecular weight excluding hydrogens is 282 g/mol. The second kappa shape index (κ2) is 6.21. The van der Waals surface area contributed by atoms with E-state index in [1.165, 1.54) is 0 Å². The normalized spacial score (nSPS) is 19.4. The van der Waals surface area contributed by atoms with Gasteiger partial charge in [-0.2, -0.15) is 0 Å². The summed E-state index contributed by atoms with van der Waals surface area (Å²) in [5, 5.41) is 6.97. The number of hydrogen-bond donors (Lipinski definition) is 1. The van der Waals surface area contributed by atoms with Crippen LogP contribution in [0.2, 0.25) is 0 Å². The second-order valence-corrected chi connectivity index (χ2v) is 5.83. The lowest BCUT2D eigenvalue weighted by Crippen LogP contribution is -2.44. The van der Waals surface area contributed by atoms with E-state index in [4.69, 9.17) is 4.52 Å². The lowest BCUT2D eigenvalue weighted by molar-refractivity contribution is 0.178. The Morgan fingerprint density at radius 3 is 3.14 bits per heavy atom. The van der Waals surface area contributed by atoms with Crippen molar-refractivity contribution in [2.24, 2.45) is 0 Å². The van der Waals surface area contributed by atoms with Gasteiger partial charge < -0.3 is 19.3 Å². The minimum absolute atomic E-state index is 0.0124. The Bertz CT molecular complexity index is 622. The minimum Gasteiger partial charge on any atom is -0.359 e. The summed E-state index contributed by atoms with van der Waals surface area (Å²) in [5.74, 6) is 0.771. The van der Waals surface area contributed by atoms with E-state index in [1.54, 1.807) is 12.5 Å². The molecule has 7 heteroatoms. The molecule has 1 saturated heterocycles. The van der Waals surface area contributed by atoms with Crippen LogP contribution in [-0.4, -0.2) is 38.2 Å². The summed E-state index contributed by atoms with van der Waals surface area (Å²) in [6, 6.07) is 1.87. The standard InChI is InChI=1S/C15H21N5O2/c1-11-8-14(22-18-11)13-4-3-6-20(13)15(21)17-12(2)9-19-7-5-16-10-19/h5,7-8,10,12-13H,3-4,6,9H2,1-2H3,(H,17,21). The van der Waals surface area contributed by atoms with Crippen LogP contribution < -0.4 is 5.32 Å². The monoisotopic (exact) mass is 303 g/mol. The van der Waals surface area contributed by atoms with Gasteiger partial charge in [0.1, 0.15) is 0 Å². The number of nitrogens with one attached hydrogen (secondary N) is 1. The number of nitrogens with zero attached hydrogens (tertiary/aromatic N) is 4. The van der Waals surface area contributed by atoms with Crippen LogP contribution in [0, 0.1) is 6.92 Å². The molecule has 0 spiro atoms. The summed E-state index contributed by atoms with van der Waals surface area (Å²) in [4.78, 5) is 18.3. The minimum atomic E-state index is -0.0517. The van der Waals surface area contributed by atoms with Crippen molar-refractivity contribution < 1.29 is 9.32 Å².